The van der Waals surface area contributed by atoms with Crippen LogP contribution in [0, 0.1) is 5.92 Å². The smallest absolute Gasteiger partial charge is 0.335 e. The van der Waals surface area contributed by atoms with Crippen molar-refractivity contribution in [3.63, 3.8) is 0 Å². The lowest BCUT2D eigenvalue weighted by atomic mass is 9.84. The average molecular weight is 374 g/mol. The Morgan fingerprint density at radius 2 is 1.85 bits per heavy atom. The van der Waals surface area contributed by atoms with Gasteiger partial charge in [-0.1, -0.05) is 12.1 Å². The van der Waals surface area contributed by atoms with E-state index in [0.717, 1.165) is 12.1 Å². The molecule has 1 fully saturated rings. The summed E-state index contributed by atoms with van der Waals surface area (Å²) in [6.45, 7) is 1.13. The van der Waals surface area contributed by atoms with E-state index in [1.807, 2.05) is 6.07 Å². The van der Waals surface area contributed by atoms with Crippen LogP contribution in [0.2, 0.25) is 0 Å². The maximum absolute atomic E-state index is 13.0. The zero-order chi connectivity index (χ0) is 18.5. The van der Waals surface area contributed by atoms with Crippen molar-refractivity contribution in [2.45, 2.75) is 23.8 Å². The van der Waals surface area contributed by atoms with E-state index < -0.39 is 16.0 Å². The topological polar surface area (TPSA) is 96.7 Å². The number of benzene rings is 1. The number of aromatic nitrogens is 1. The Balaban J connectivity index is 1.69. The van der Waals surface area contributed by atoms with Gasteiger partial charge in [0.1, 0.15) is 0 Å². The van der Waals surface area contributed by atoms with Gasteiger partial charge in [0.2, 0.25) is 10.0 Å². The summed E-state index contributed by atoms with van der Waals surface area (Å²) in [5, 5.41) is 9.11. The predicted octanol–water partition coefficient (Wildman–Crippen LogP) is 1.35. The van der Waals surface area contributed by atoms with Gasteiger partial charge in [0.05, 0.1) is 10.5 Å². The number of rotatable bonds is 3. The molecule has 1 N–H and O–H groups in total. The maximum atomic E-state index is 13.0. The van der Waals surface area contributed by atoms with Crippen LogP contribution in [0.5, 0.6) is 0 Å². The van der Waals surface area contributed by atoms with E-state index in [2.05, 4.69) is 0 Å². The number of carbonyl (C=O) groups is 1. The number of hydrogen-bond acceptors (Lipinski definition) is 4. The van der Waals surface area contributed by atoms with Gasteiger partial charge in [-0.2, -0.15) is 4.31 Å². The van der Waals surface area contributed by atoms with Gasteiger partial charge >= 0.3 is 5.97 Å². The standard InChI is InChI=1S/C18H18N2O5S/c21-17-6-2-5-16-14-7-12(10-20(16)17)9-19(11-14)26(24,25)15-4-1-3-13(8-15)18(22)23/h1-6,8,12,14H,7,9-11H2,(H,22,23). The number of hydrogen-bond donors (Lipinski definition) is 1. The van der Waals surface area contributed by atoms with E-state index in [-0.39, 0.29) is 27.9 Å². The fourth-order valence-electron chi connectivity index (χ4n) is 3.99. The van der Waals surface area contributed by atoms with Gasteiger partial charge in [-0.25, -0.2) is 13.2 Å². The molecule has 136 valence electrons. The van der Waals surface area contributed by atoms with Crippen LogP contribution >= 0.6 is 0 Å². The highest BCUT2D eigenvalue weighted by molar-refractivity contribution is 7.89. The highest BCUT2D eigenvalue weighted by Crippen LogP contribution is 2.37. The molecule has 4 rings (SSSR count). The molecule has 7 nitrogen and oxygen atoms in total. The molecule has 2 atom stereocenters. The average Bonchev–Trinajstić information content (AvgIpc) is 2.62. The first-order chi connectivity index (χ1) is 12.4. The molecule has 0 spiro atoms. The second kappa shape index (κ2) is 6.07. The minimum atomic E-state index is -3.79. The number of pyridine rings is 1. The SMILES string of the molecule is O=C(O)c1cccc(S(=O)(=O)N2CC3CC(C2)c2cccc(=O)n2C3)c1. The third-order valence-corrected chi connectivity index (χ3v) is 6.99. The summed E-state index contributed by atoms with van der Waals surface area (Å²) in [7, 11) is -3.79. The molecule has 26 heavy (non-hydrogen) atoms. The largest absolute Gasteiger partial charge is 0.478 e. The van der Waals surface area contributed by atoms with E-state index >= 15 is 0 Å². The molecule has 2 aromatic rings. The van der Waals surface area contributed by atoms with E-state index in [1.165, 1.54) is 34.6 Å². The second-order valence-electron chi connectivity index (χ2n) is 6.85. The number of piperidine rings is 1. The Bertz CT molecular complexity index is 1040. The molecule has 1 aromatic heterocycles. The van der Waals surface area contributed by atoms with Crippen LogP contribution in [0.15, 0.2) is 52.2 Å². The number of sulfonamides is 1. The summed E-state index contributed by atoms with van der Waals surface area (Å²) in [6, 6.07) is 10.5. The first-order valence-corrected chi connectivity index (χ1v) is 9.83. The van der Waals surface area contributed by atoms with Crippen molar-refractivity contribution in [1.29, 1.82) is 0 Å². The summed E-state index contributed by atoms with van der Waals surface area (Å²) in [4.78, 5) is 23.2. The van der Waals surface area contributed by atoms with Crippen LogP contribution in [-0.2, 0) is 16.6 Å². The normalized spacial score (nSPS) is 22.6. The van der Waals surface area contributed by atoms with Crippen LogP contribution in [0.25, 0.3) is 0 Å². The fourth-order valence-corrected chi connectivity index (χ4v) is 5.60. The molecule has 8 heteroatoms. The van der Waals surface area contributed by atoms with Gasteiger partial charge in [-0.15, -0.1) is 0 Å². The van der Waals surface area contributed by atoms with E-state index in [9.17, 15) is 18.0 Å². The lowest BCUT2D eigenvalue weighted by molar-refractivity contribution is 0.0696. The zero-order valence-corrected chi connectivity index (χ0v) is 14.7. The number of nitrogens with zero attached hydrogens (tertiary/aromatic N) is 2. The van der Waals surface area contributed by atoms with Gasteiger partial charge in [-0.3, -0.25) is 4.79 Å². The molecule has 1 saturated heterocycles. The van der Waals surface area contributed by atoms with Crippen molar-refractivity contribution < 1.29 is 18.3 Å². The molecule has 2 aliphatic heterocycles. The first kappa shape index (κ1) is 17.0. The summed E-state index contributed by atoms with van der Waals surface area (Å²) >= 11 is 0. The highest BCUT2D eigenvalue weighted by Gasteiger charge is 2.39. The quantitative estimate of drug-likeness (QED) is 0.875. The number of carboxylic acids is 1. The van der Waals surface area contributed by atoms with Crippen LogP contribution in [0.4, 0.5) is 0 Å². The van der Waals surface area contributed by atoms with Crippen molar-refractivity contribution in [2.24, 2.45) is 5.92 Å². The van der Waals surface area contributed by atoms with Crippen LogP contribution < -0.4 is 5.56 Å². The molecule has 2 bridgehead atoms. The van der Waals surface area contributed by atoms with Gasteiger partial charge in [0.15, 0.2) is 0 Å². The monoisotopic (exact) mass is 374 g/mol. The lowest BCUT2D eigenvalue weighted by Gasteiger charge is -2.42. The molecule has 0 radical (unpaired) electrons. The Hall–Kier alpha value is -2.45. The Morgan fingerprint density at radius 1 is 1.08 bits per heavy atom. The second-order valence-corrected chi connectivity index (χ2v) is 8.79. The van der Waals surface area contributed by atoms with E-state index in [1.54, 1.807) is 10.6 Å². The van der Waals surface area contributed by atoms with Gasteiger partial charge in [-0.05, 0) is 36.6 Å². The van der Waals surface area contributed by atoms with Gasteiger partial charge < -0.3 is 9.67 Å². The zero-order valence-electron chi connectivity index (χ0n) is 13.9. The molecule has 3 heterocycles. The third-order valence-electron chi connectivity index (χ3n) is 5.17. The van der Waals surface area contributed by atoms with Crippen LogP contribution in [0.3, 0.4) is 0 Å². The molecule has 0 aliphatic carbocycles. The summed E-state index contributed by atoms with van der Waals surface area (Å²) in [5.41, 5.74) is 0.760. The first-order valence-electron chi connectivity index (χ1n) is 8.39. The summed E-state index contributed by atoms with van der Waals surface area (Å²) in [6.07, 6.45) is 0.852. The number of aromatic carboxylic acids is 1. The van der Waals surface area contributed by atoms with Crippen LogP contribution in [0.1, 0.15) is 28.4 Å². The predicted molar refractivity (Wildman–Crippen MR) is 93.7 cm³/mol. The van der Waals surface area contributed by atoms with E-state index in [0.29, 0.717) is 19.6 Å². The number of carboxylic acid groups (broad SMARTS) is 1. The minimum absolute atomic E-state index is 0.0113. The third kappa shape index (κ3) is 2.75. The molecule has 0 saturated carbocycles. The molecule has 2 aliphatic rings. The molecule has 0 amide bonds. The van der Waals surface area contributed by atoms with Gasteiger partial charge in [0, 0.05) is 37.3 Å². The van der Waals surface area contributed by atoms with Crippen LogP contribution in [-0.4, -0.2) is 41.5 Å². The fraction of sp³-hybridized carbons (Fsp3) is 0.333. The van der Waals surface area contributed by atoms with E-state index in [4.69, 9.17) is 5.11 Å². The van der Waals surface area contributed by atoms with Crippen molar-refractivity contribution >= 4 is 16.0 Å². The van der Waals surface area contributed by atoms with Gasteiger partial charge in [0.25, 0.3) is 5.56 Å². The van der Waals surface area contributed by atoms with Crippen molar-refractivity contribution in [3.05, 3.63) is 64.1 Å². The molecular formula is C18H18N2O5S. The molecule has 1 aromatic carbocycles. The Kier molecular flexibility index (Phi) is 3.96. The summed E-state index contributed by atoms with van der Waals surface area (Å²) < 4.78 is 29.2. The molecule has 2 unspecified atom stereocenters. The van der Waals surface area contributed by atoms with Crippen molar-refractivity contribution in [1.82, 2.24) is 8.87 Å². The van der Waals surface area contributed by atoms with Crippen molar-refractivity contribution in [3.8, 4) is 0 Å². The Morgan fingerprint density at radius 3 is 2.62 bits per heavy atom. The lowest BCUT2D eigenvalue weighted by Crippen LogP contribution is -2.49. The Labute approximate surface area is 150 Å². The highest BCUT2D eigenvalue weighted by atomic mass is 32.2. The summed E-state index contributed by atoms with van der Waals surface area (Å²) in [5.74, 6) is -1.13. The minimum Gasteiger partial charge on any atom is -0.478 e. The molecular weight excluding hydrogens is 356 g/mol. The maximum Gasteiger partial charge on any atom is 0.335 e. The number of fused-ring (bicyclic) bond motifs is 4. The van der Waals surface area contributed by atoms with Crippen molar-refractivity contribution in [2.75, 3.05) is 13.1 Å².